The van der Waals surface area contributed by atoms with Crippen LogP contribution in [0.15, 0.2) is 30.3 Å². The highest BCUT2D eigenvalue weighted by atomic mass is 19.3. The van der Waals surface area contributed by atoms with Crippen LogP contribution in [0.3, 0.4) is 0 Å². The van der Waals surface area contributed by atoms with Gasteiger partial charge in [-0.05, 0) is 30.2 Å². The Bertz CT molecular complexity index is 1110. The first kappa shape index (κ1) is 32.3. The summed E-state index contributed by atoms with van der Waals surface area (Å²) in [5.41, 5.74) is 0.553. The average Bonchev–Trinajstić information content (AvgIpc) is 3.38. The molecule has 1 aliphatic heterocycles. The molecule has 4 N–H and O–H groups in total. The molecule has 0 aromatic heterocycles. The monoisotopic (exact) mass is 566 g/mol. The Kier molecular flexibility index (Phi) is 11.3. The molecule has 220 valence electrons. The van der Waals surface area contributed by atoms with Gasteiger partial charge in [-0.2, -0.15) is 8.78 Å². The van der Waals surface area contributed by atoms with Crippen molar-refractivity contribution in [3.05, 3.63) is 35.9 Å². The van der Waals surface area contributed by atoms with E-state index in [1.54, 1.807) is 44.2 Å². The van der Waals surface area contributed by atoms with Crippen LogP contribution in [0.5, 0.6) is 0 Å². The number of nitrogens with one attached hydrogen (secondary N) is 3. The molecule has 1 heterocycles. The SMILES string of the molecule is CC(C)C(NC(=O)CC(=O)O)C(=O)N1CCCC1C(=O)NC(C(=O)C(F)(F)C(=O)NCc1ccccc1)C(C)C. The van der Waals surface area contributed by atoms with Crippen molar-refractivity contribution in [2.45, 2.75) is 77.6 Å². The Morgan fingerprint density at radius 3 is 2.12 bits per heavy atom. The van der Waals surface area contributed by atoms with Crippen molar-refractivity contribution in [3.8, 4) is 0 Å². The van der Waals surface area contributed by atoms with Crippen LogP contribution in [0.2, 0.25) is 0 Å². The molecule has 3 atom stereocenters. The van der Waals surface area contributed by atoms with Crippen molar-refractivity contribution in [2.75, 3.05) is 6.54 Å². The molecule has 0 bridgehead atoms. The van der Waals surface area contributed by atoms with Crippen molar-refractivity contribution in [2.24, 2.45) is 11.8 Å². The minimum absolute atomic E-state index is 0.132. The lowest BCUT2D eigenvalue weighted by Crippen LogP contribution is -2.60. The van der Waals surface area contributed by atoms with Gasteiger partial charge >= 0.3 is 11.9 Å². The second-order valence-electron chi connectivity index (χ2n) is 10.4. The zero-order chi connectivity index (χ0) is 30.2. The molecule has 1 saturated heterocycles. The molecule has 0 aliphatic carbocycles. The number of hydrogen-bond donors (Lipinski definition) is 4. The summed E-state index contributed by atoms with van der Waals surface area (Å²) in [5.74, 6) is -13.0. The summed E-state index contributed by atoms with van der Waals surface area (Å²) in [7, 11) is 0. The van der Waals surface area contributed by atoms with E-state index in [0.717, 1.165) is 0 Å². The van der Waals surface area contributed by atoms with Crippen molar-refractivity contribution >= 4 is 35.4 Å². The minimum atomic E-state index is -4.43. The van der Waals surface area contributed by atoms with E-state index in [4.69, 9.17) is 5.11 Å². The molecule has 0 radical (unpaired) electrons. The summed E-state index contributed by atoms with van der Waals surface area (Å²) in [5, 5.41) is 15.6. The van der Waals surface area contributed by atoms with Crippen LogP contribution >= 0.6 is 0 Å². The predicted molar refractivity (Wildman–Crippen MR) is 139 cm³/mol. The topological polar surface area (TPSA) is 162 Å². The molecule has 11 nitrogen and oxygen atoms in total. The Hall–Kier alpha value is -3.90. The second kappa shape index (κ2) is 13.9. The van der Waals surface area contributed by atoms with Gasteiger partial charge in [-0.3, -0.25) is 28.8 Å². The van der Waals surface area contributed by atoms with E-state index in [0.29, 0.717) is 12.0 Å². The number of carbonyl (C=O) groups excluding carboxylic acids is 5. The van der Waals surface area contributed by atoms with Crippen LogP contribution in [0.1, 0.15) is 52.5 Å². The van der Waals surface area contributed by atoms with Crippen molar-refractivity contribution in [1.82, 2.24) is 20.9 Å². The van der Waals surface area contributed by atoms with Gasteiger partial charge in [0.25, 0.3) is 5.91 Å². The normalized spacial score (nSPS) is 16.8. The number of aliphatic carboxylic acids is 1. The highest BCUT2D eigenvalue weighted by molar-refractivity contribution is 6.10. The first-order valence-corrected chi connectivity index (χ1v) is 13.0. The van der Waals surface area contributed by atoms with Crippen LogP contribution < -0.4 is 16.0 Å². The maximum atomic E-state index is 14.9. The number of carbonyl (C=O) groups is 6. The number of nitrogens with zero attached hydrogens (tertiary/aromatic N) is 1. The Morgan fingerprint density at radius 1 is 0.975 bits per heavy atom. The fourth-order valence-electron chi connectivity index (χ4n) is 4.34. The maximum Gasteiger partial charge on any atom is 0.383 e. The van der Waals surface area contributed by atoms with Crippen LogP contribution in [0.25, 0.3) is 0 Å². The van der Waals surface area contributed by atoms with Crippen molar-refractivity contribution < 1.29 is 42.7 Å². The Labute approximate surface area is 231 Å². The van der Waals surface area contributed by atoms with Gasteiger partial charge in [0.2, 0.25) is 23.5 Å². The molecule has 1 fully saturated rings. The number of ketones is 1. The van der Waals surface area contributed by atoms with Crippen molar-refractivity contribution in [1.29, 1.82) is 0 Å². The van der Waals surface area contributed by atoms with E-state index in [1.165, 1.54) is 18.7 Å². The molecule has 3 unspecified atom stereocenters. The molecule has 1 aromatic rings. The third kappa shape index (κ3) is 8.30. The Morgan fingerprint density at radius 2 is 1.57 bits per heavy atom. The third-order valence-electron chi connectivity index (χ3n) is 6.54. The number of rotatable bonds is 13. The maximum absolute atomic E-state index is 14.9. The number of halogens is 2. The van der Waals surface area contributed by atoms with Gasteiger partial charge < -0.3 is 26.0 Å². The quantitative estimate of drug-likeness (QED) is 0.261. The molecule has 0 spiro atoms. The fourth-order valence-corrected chi connectivity index (χ4v) is 4.34. The summed E-state index contributed by atoms with van der Waals surface area (Å²) in [4.78, 5) is 75.6. The average molecular weight is 567 g/mol. The number of amides is 4. The molecule has 2 rings (SSSR count). The molecule has 0 saturated carbocycles. The highest BCUT2D eigenvalue weighted by Crippen LogP contribution is 2.24. The molecule has 40 heavy (non-hydrogen) atoms. The molecular weight excluding hydrogens is 530 g/mol. The summed E-state index contributed by atoms with van der Waals surface area (Å²) in [6, 6.07) is 4.33. The number of benzene rings is 1. The number of alkyl halides is 2. The standard InChI is InChI=1S/C27H36F2N4O7/c1-15(2)21(23(37)27(28,29)26(40)30-14-17-9-6-5-7-10-17)32-24(38)18-11-8-12-33(18)25(39)22(16(3)4)31-19(34)13-20(35)36/h5-7,9-10,15-16,18,21-22H,8,11-14H2,1-4H3,(H,30,40)(H,31,34)(H,32,38)(H,35,36). The number of carboxylic acids is 1. The summed E-state index contributed by atoms with van der Waals surface area (Å²) in [6.45, 7) is 6.05. The van der Waals surface area contributed by atoms with Crippen molar-refractivity contribution in [3.63, 3.8) is 0 Å². The Balaban J connectivity index is 2.14. The lowest BCUT2D eigenvalue weighted by Gasteiger charge is -2.32. The lowest BCUT2D eigenvalue weighted by atomic mass is 9.94. The number of hydrogen-bond acceptors (Lipinski definition) is 6. The van der Waals surface area contributed by atoms with Gasteiger partial charge in [0.15, 0.2) is 0 Å². The number of Topliss-reactive ketones (excluding diaryl/α,β-unsaturated/α-hetero) is 1. The highest BCUT2D eigenvalue weighted by Gasteiger charge is 2.51. The summed E-state index contributed by atoms with van der Waals surface area (Å²) < 4.78 is 29.8. The third-order valence-corrected chi connectivity index (χ3v) is 6.54. The van der Waals surface area contributed by atoms with Crippen LogP contribution in [-0.4, -0.2) is 76.0 Å². The predicted octanol–water partition coefficient (Wildman–Crippen LogP) is 1.25. The van der Waals surface area contributed by atoms with E-state index in [-0.39, 0.29) is 19.5 Å². The zero-order valence-corrected chi connectivity index (χ0v) is 22.9. The molecular formula is C27H36F2N4O7. The summed E-state index contributed by atoms with van der Waals surface area (Å²) in [6.07, 6.45) is -0.264. The number of likely N-dealkylation sites (tertiary alicyclic amines) is 1. The van der Waals surface area contributed by atoms with E-state index >= 15 is 0 Å². The van der Waals surface area contributed by atoms with Gasteiger partial charge in [-0.1, -0.05) is 58.0 Å². The van der Waals surface area contributed by atoms with Gasteiger partial charge in [0, 0.05) is 13.1 Å². The smallest absolute Gasteiger partial charge is 0.383 e. The van der Waals surface area contributed by atoms with Gasteiger partial charge in [0.05, 0.1) is 6.04 Å². The van der Waals surface area contributed by atoms with E-state index in [1.807, 2.05) is 5.32 Å². The number of carboxylic acid groups (broad SMARTS) is 1. The first-order valence-electron chi connectivity index (χ1n) is 13.0. The van der Waals surface area contributed by atoms with E-state index < -0.39 is 77.7 Å². The van der Waals surface area contributed by atoms with Gasteiger partial charge in [-0.25, -0.2) is 0 Å². The fraction of sp³-hybridized carbons (Fsp3) is 0.556. The second-order valence-corrected chi connectivity index (χ2v) is 10.4. The molecule has 4 amide bonds. The molecule has 1 aromatic carbocycles. The van der Waals surface area contributed by atoms with Gasteiger partial charge in [0.1, 0.15) is 18.5 Å². The first-order chi connectivity index (χ1) is 18.7. The van der Waals surface area contributed by atoms with Crippen LogP contribution in [-0.2, 0) is 35.3 Å². The van der Waals surface area contributed by atoms with Gasteiger partial charge in [-0.15, -0.1) is 0 Å². The summed E-state index contributed by atoms with van der Waals surface area (Å²) >= 11 is 0. The van der Waals surface area contributed by atoms with E-state index in [2.05, 4.69) is 10.6 Å². The minimum Gasteiger partial charge on any atom is -0.481 e. The van der Waals surface area contributed by atoms with E-state index in [9.17, 15) is 37.5 Å². The van der Waals surface area contributed by atoms with Crippen LogP contribution in [0, 0.1) is 11.8 Å². The zero-order valence-electron chi connectivity index (χ0n) is 22.9. The molecule has 1 aliphatic rings. The van der Waals surface area contributed by atoms with Crippen LogP contribution in [0.4, 0.5) is 8.78 Å². The largest absolute Gasteiger partial charge is 0.481 e. The molecule has 13 heteroatoms. The lowest BCUT2D eigenvalue weighted by molar-refractivity contribution is -0.161.